The van der Waals surface area contributed by atoms with E-state index in [4.69, 9.17) is 5.11 Å². The zero-order valence-electron chi connectivity index (χ0n) is 15.7. The number of pyridine rings is 1. The summed E-state index contributed by atoms with van der Waals surface area (Å²) in [6.45, 7) is 0. The summed E-state index contributed by atoms with van der Waals surface area (Å²) in [6.07, 6.45) is 6.20. The quantitative estimate of drug-likeness (QED) is 0.434. The van der Waals surface area contributed by atoms with Gasteiger partial charge in [0.15, 0.2) is 6.20 Å². The minimum atomic E-state index is -0.818. The summed E-state index contributed by atoms with van der Waals surface area (Å²) in [5.41, 5.74) is 5.18. The number of hydrogen-bond donors (Lipinski definition) is 1. The first-order valence-electron chi connectivity index (χ1n) is 8.52. The Kier molecular flexibility index (Phi) is 6.96. The highest BCUT2D eigenvalue weighted by atomic mass is 127. The van der Waals surface area contributed by atoms with Gasteiger partial charge in [0.1, 0.15) is 7.05 Å². The molecule has 0 bridgehead atoms. The second-order valence-electron chi connectivity index (χ2n) is 6.62. The molecule has 0 unspecified atom stereocenters. The summed E-state index contributed by atoms with van der Waals surface area (Å²) >= 11 is 0. The molecule has 1 heterocycles. The third-order valence-electron chi connectivity index (χ3n) is 4.43. The number of nitrogens with zero attached hydrogens (tertiary/aromatic N) is 2. The Bertz CT molecular complexity index is 980. The lowest BCUT2D eigenvalue weighted by Crippen LogP contribution is -3.00. The van der Waals surface area contributed by atoms with E-state index in [9.17, 15) is 4.79 Å². The molecular weight excluding hydrogens is 451 g/mol. The van der Waals surface area contributed by atoms with Gasteiger partial charge in [0, 0.05) is 31.4 Å². The van der Waals surface area contributed by atoms with E-state index in [0.717, 1.165) is 33.3 Å². The third-order valence-corrected chi connectivity index (χ3v) is 4.43. The molecule has 3 aromatic rings. The standard InChI is InChI=1S/C22H22N2O2.HI/c1-23(2)19-11-9-16(10-12-19)7-8-17-13-20-18(14-22(25)26)5-4-6-21(20)24(3)15-17;/h4-13,15H,14H2,1-3H3;1H/b8-7+;. The van der Waals surface area contributed by atoms with Crippen LogP contribution in [0.25, 0.3) is 23.1 Å². The monoisotopic (exact) mass is 474 g/mol. The summed E-state index contributed by atoms with van der Waals surface area (Å²) in [5.74, 6) is -0.818. The lowest BCUT2D eigenvalue weighted by molar-refractivity contribution is -0.645. The Morgan fingerprint density at radius 2 is 1.74 bits per heavy atom. The van der Waals surface area contributed by atoms with Crippen molar-refractivity contribution < 1.29 is 38.4 Å². The highest BCUT2D eigenvalue weighted by molar-refractivity contribution is 5.86. The van der Waals surface area contributed by atoms with Crippen molar-refractivity contribution in [2.45, 2.75) is 6.42 Å². The molecule has 4 nitrogen and oxygen atoms in total. The summed E-state index contributed by atoms with van der Waals surface area (Å²) in [7, 11) is 6.03. The molecule has 3 rings (SSSR count). The fraction of sp³-hybridized carbons (Fsp3) is 0.182. The molecule has 1 aromatic heterocycles. The molecule has 0 spiro atoms. The lowest BCUT2D eigenvalue weighted by Gasteiger charge is -2.11. The van der Waals surface area contributed by atoms with Crippen LogP contribution in [-0.2, 0) is 18.3 Å². The lowest BCUT2D eigenvalue weighted by atomic mass is 10.0. The maximum absolute atomic E-state index is 11.1. The van der Waals surface area contributed by atoms with Gasteiger partial charge in [0.25, 0.3) is 0 Å². The van der Waals surface area contributed by atoms with Crippen LogP contribution in [0.2, 0.25) is 0 Å². The molecule has 0 fully saturated rings. The molecule has 0 aliphatic carbocycles. The van der Waals surface area contributed by atoms with Crippen molar-refractivity contribution in [2.24, 2.45) is 7.05 Å². The number of anilines is 1. The first kappa shape index (κ1) is 20.9. The van der Waals surface area contributed by atoms with Crippen LogP contribution in [0.4, 0.5) is 5.69 Å². The van der Waals surface area contributed by atoms with Gasteiger partial charge < -0.3 is 34.0 Å². The van der Waals surface area contributed by atoms with E-state index in [2.05, 4.69) is 53.6 Å². The van der Waals surface area contributed by atoms with Gasteiger partial charge in [-0.05, 0) is 35.4 Å². The van der Waals surface area contributed by atoms with E-state index in [1.807, 2.05) is 43.9 Å². The van der Waals surface area contributed by atoms with Crippen LogP contribution < -0.4 is 33.4 Å². The SMILES string of the molecule is CN(C)c1ccc(/C=C/c2cc3c(CC(=O)O)cccc3[n+](C)c2)cc1.[I-]. The van der Waals surface area contributed by atoms with E-state index in [0.29, 0.717) is 0 Å². The second-order valence-corrected chi connectivity index (χ2v) is 6.62. The first-order valence-corrected chi connectivity index (χ1v) is 8.52. The van der Waals surface area contributed by atoms with Gasteiger partial charge in [-0.15, -0.1) is 0 Å². The van der Waals surface area contributed by atoms with Gasteiger partial charge in [0.2, 0.25) is 5.52 Å². The van der Waals surface area contributed by atoms with Crippen molar-refractivity contribution in [1.29, 1.82) is 0 Å². The summed E-state index contributed by atoms with van der Waals surface area (Å²) in [5, 5.41) is 10.1. The fourth-order valence-corrected chi connectivity index (χ4v) is 3.06. The number of halogens is 1. The number of aromatic nitrogens is 1. The normalized spacial score (nSPS) is 10.8. The van der Waals surface area contributed by atoms with Crippen molar-refractivity contribution in [3.63, 3.8) is 0 Å². The Morgan fingerprint density at radius 3 is 2.37 bits per heavy atom. The Hall–Kier alpha value is -2.41. The first-order chi connectivity index (χ1) is 12.4. The van der Waals surface area contributed by atoms with Crippen molar-refractivity contribution in [1.82, 2.24) is 0 Å². The number of carbonyl (C=O) groups is 1. The third kappa shape index (κ3) is 5.07. The summed E-state index contributed by atoms with van der Waals surface area (Å²) < 4.78 is 2.04. The minimum absolute atomic E-state index is 0. The van der Waals surface area contributed by atoms with Gasteiger partial charge >= 0.3 is 5.97 Å². The zero-order chi connectivity index (χ0) is 18.7. The van der Waals surface area contributed by atoms with E-state index >= 15 is 0 Å². The van der Waals surface area contributed by atoms with Gasteiger partial charge in [-0.25, -0.2) is 4.57 Å². The molecule has 0 saturated heterocycles. The van der Waals surface area contributed by atoms with Crippen LogP contribution >= 0.6 is 0 Å². The predicted octanol–water partition coefficient (Wildman–Crippen LogP) is 0.532. The number of aryl methyl sites for hydroxylation is 1. The smallest absolute Gasteiger partial charge is 0.307 e. The molecule has 140 valence electrons. The van der Waals surface area contributed by atoms with Gasteiger partial charge in [-0.3, -0.25) is 4.79 Å². The summed E-state index contributed by atoms with van der Waals surface area (Å²) in [4.78, 5) is 13.2. The number of aliphatic carboxylic acids is 1. The molecule has 0 aliphatic rings. The van der Waals surface area contributed by atoms with Crippen LogP contribution in [0.1, 0.15) is 16.7 Å². The zero-order valence-corrected chi connectivity index (χ0v) is 17.8. The van der Waals surface area contributed by atoms with E-state index in [1.54, 1.807) is 0 Å². The van der Waals surface area contributed by atoms with Crippen molar-refractivity contribution in [2.75, 3.05) is 19.0 Å². The number of benzene rings is 2. The molecule has 5 heteroatoms. The fourth-order valence-electron chi connectivity index (χ4n) is 3.06. The van der Waals surface area contributed by atoms with Gasteiger partial charge in [0.05, 0.1) is 11.8 Å². The average Bonchev–Trinajstić information content (AvgIpc) is 2.60. The molecule has 0 atom stereocenters. The van der Waals surface area contributed by atoms with Crippen molar-refractivity contribution >= 4 is 34.7 Å². The largest absolute Gasteiger partial charge is 1.00 e. The van der Waals surface area contributed by atoms with Crippen molar-refractivity contribution in [3.8, 4) is 0 Å². The highest BCUT2D eigenvalue weighted by Gasteiger charge is 2.12. The van der Waals surface area contributed by atoms with Crippen LogP contribution in [-0.4, -0.2) is 25.2 Å². The molecule has 0 amide bonds. The Morgan fingerprint density at radius 1 is 1.07 bits per heavy atom. The number of carboxylic acid groups (broad SMARTS) is 1. The number of rotatable bonds is 5. The van der Waals surface area contributed by atoms with Crippen LogP contribution in [0.15, 0.2) is 54.7 Å². The van der Waals surface area contributed by atoms with Gasteiger partial charge in [-0.2, -0.15) is 0 Å². The topological polar surface area (TPSA) is 44.4 Å². The molecule has 0 aliphatic heterocycles. The molecule has 2 aromatic carbocycles. The predicted molar refractivity (Wildman–Crippen MR) is 106 cm³/mol. The Labute approximate surface area is 176 Å². The summed E-state index contributed by atoms with van der Waals surface area (Å²) in [6, 6.07) is 16.2. The van der Waals surface area contributed by atoms with Crippen LogP contribution in [0.3, 0.4) is 0 Å². The molecule has 1 N–H and O–H groups in total. The highest BCUT2D eigenvalue weighted by Crippen LogP contribution is 2.20. The second kappa shape index (κ2) is 8.99. The molecule has 27 heavy (non-hydrogen) atoms. The number of hydrogen-bond acceptors (Lipinski definition) is 2. The number of fused-ring (bicyclic) bond motifs is 1. The van der Waals surface area contributed by atoms with Crippen molar-refractivity contribution in [3.05, 3.63) is 71.4 Å². The van der Waals surface area contributed by atoms with E-state index < -0.39 is 5.97 Å². The molecule has 0 radical (unpaired) electrons. The van der Waals surface area contributed by atoms with E-state index in [1.165, 1.54) is 0 Å². The van der Waals surface area contributed by atoms with E-state index in [-0.39, 0.29) is 30.4 Å². The maximum Gasteiger partial charge on any atom is 0.307 e. The Balaban J connectivity index is 0.00000261. The van der Waals surface area contributed by atoms with Crippen LogP contribution in [0.5, 0.6) is 0 Å². The minimum Gasteiger partial charge on any atom is -1.00 e. The van der Waals surface area contributed by atoms with Crippen LogP contribution in [0, 0.1) is 0 Å². The maximum atomic E-state index is 11.1. The molecular formula is C22H23IN2O2. The molecule has 0 saturated carbocycles. The number of carboxylic acids is 1. The average molecular weight is 474 g/mol. The van der Waals surface area contributed by atoms with Gasteiger partial charge in [-0.1, -0.05) is 30.3 Å².